The quantitative estimate of drug-likeness (QED) is 0.184. The molecule has 57 heavy (non-hydrogen) atoms. The van der Waals surface area contributed by atoms with Crippen molar-refractivity contribution < 1.29 is 4.42 Å². The number of nitrogens with zero attached hydrogens (tertiary/aromatic N) is 2. The van der Waals surface area contributed by atoms with Gasteiger partial charge in [-0.3, -0.25) is 5.32 Å². The molecular weight excluding hydrogens is 717 g/mol. The number of fused-ring (bicyclic) bond motifs is 10. The van der Waals surface area contributed by atoms with Crippen molar-refractivity contribution in [1.29, 1.82) is 0 Å². The molecule has 1 aliphatic heterocycles. The molecule has 0 spiro atoms. The first-order valence-corrected chi connectivity index (χ1v) is 20.2. The molecule has 1 aliphatic rings. The van der Waals surface area contributed by atoms with E-state index in [1.165, 1.54) is 42.2 Å². The van der Waals surface area contributed by atoms with Crippen LogP contribution < -0.4 is 10.6 Å². The molecule has 3 aromatic heterocycles. The van der Waals surface area contributed by atoms with Crippen LogP contribution in [-0.4, -0.2) is 10.4 Å². The number of thiophene rings is 1. The second-order valence-electron chi connectivity index (χ2n) is 14.7. The van der Waals surface area contributed by atoms with Gasteiger partial charge >= 0.3 is 0 Å². The number of benzene rings is 8. The summed E-state index contributed by atoms with van der Waals surface area (Å²) in [5.41, 5.74) is 10.9. The number of aliphatic imine (C=N–C) groups is 1. The Morgan fingerprint density at radius 2 is 1.25 bits per heavy atom. The van der Waals surface area contributed by atoms with Crippen molar-refractivity contribution in [3.63, 3.8) is 0 Å². The van der Waals surface area contributed by atoms with Gasteiger partial charge in [0.25, 0.3) is 0 Å². The molecule has 8 aromatic carbocycles. The third kappa shape index (κ3) is 5.08. The number of amidine groups is 1. The smallest absolute Gasteiger partial charge is 0.144 e. The summed E-state index contributed by atoms with van der Waals surface area (Å²) in [5, 5.41) is 14.9. The molecule has 0 aliphatic carbocycles. The number of rotatable bonds is 5. The van der Waals surface area contributed by atoms with Gasteiger partial charge in [-0.15, -0.1) is 11.3 Å². The van der Waals surface area contributed by atoms with E-state index in [1.54, 1.807) is 0 Å². The van der Waals surface area contributed by atoms with E-state index in [0.717, 1.165) is 61.1 Å². The maximum Gasteiger partial charge on any atom is 0.144 e. The standard InChI is InChI=1S/C51H34N4OS/c1-3-15-31(16-4-1)34-19-7-8-22-38(34)50-52-49(32-27-28-36-35-20-9-12-24-42(35)55(43(36)29-32)33-17-5-2-6-18-33)53-51(54-50)41-30-40-37-21-10-13-25-44(37)56-47(40)46-39-23-11-14-26-45(39)57-48(41)46/h1-30,50-51,54H,(H,52,53). The molecule has 0 saturated heterocycles. The Morgan fingerprint density at radius 3 is 2.12 bits per heavy atom. The summed E-state index contributed by atoms with van der Waals surface area (Å²) < 4.78 is 11.4. The van der Waals surface area contributed by atoms with E-state index in [-0.39, 0.29) is 12.3 Å². The number of aromatic nitrogens is 1. The molecule has 2 unspecified atom stereocenters. The van der Waals surface area contributed by atoms with Gasteiger partial charge < -0.3 is 14.3 Å². The summed E-state index contributed by atoms with van der Waals surface area (Å²) in [6, 6.07) is 64.8. The molecule has 270 valence electrons. The maximum absolute atomic E-state index is 6.67. The van der Waals surface area contributed by atoms with Gasteiger partial charge in [-0.25, -0.2) is 4.99 Å². The van der Waals surface area contributed by atoms with Gasteiger partial charge in [0.2, 0.25) is 0 Å². The summed E-state index contributed by atoms with van der Waals surface area (Å²) in [6.45, 7) is 0. The zero-order valence-electron chi connectivity index (χ0n) is 30.7. The SMILES string of the molecule is c1ccc(-c2ccccc2C2NC(c3ccc4c5ccccc5n(-c5ccccc5)c4c3)=NC(c3cc4c5ccccc5oc4c4c3sc3ccccc34)N2)cc1. The molecule has 0 fully saturated rings. The lowest BCUT2D eigenvalue weighted by molar-refractivity contribution is 0.411. The Morgan fingerprint density at radius 1 is 0.544 bits per heavy atom. The molecule has 0 saturated carbocycles. The zero-order valence-corrected chi connectivity index (χ0v) is 31.5. The lowest BCUT2D eigenvalue weighted by Gasteiger charge is -2.33. The van der Waals surface area contributed by atoms with E-state index < -0.39 is 0 Å². The molecule has 5 nitrogen and oxygen atoms in total. The normalized spacial score (nSPS) is 15.9. The highest BCUT2D eigenvalue weighted by molar-refractivity contribution is 7.26. The average Bonchev–Trinajstić information content (AvgIpc) is 3.96. The van der Waals surface area contributed by atoms with Crippen LogP contribution in [0.2, 0.25) is 0 Å². The lowest BCUT2D eigenvalue weighted by Crippen LogP contribution is -2.45. The molecule has 6 heteroatoms. The van der Waals surface area contributed by atoms with Gasteiger partial charge in [0.05, 0.1) is 11.0 Å². The van der Waals surface area contributed by atoms with Crippen molar-refractivity contribution >= 4 is 81.1 Å². The monoisotopic (exact) mass is 750 g/mol. The minimum absolute atomic E-state index is 0.254. The van der Waals surface area contributed by atoms with E-state index in [0.29, 0.717) is 0 Å². The molecule has 0 bridgehead atoms. The van der Waals surface area contributed by atoms with Crippen molar-refractivity contribution in [1.82, 2.24) is 15.2 Å². The van der Waals surface area contributed by atoms with E-state index in [4.69, 9.17) is 9.41 Å². The summed E-state index contributed by atoms with van der Waals surface area (Å²) in [6.07, 6.45) is -0.629. The largest absolute Gasteiger partial charge is 0.455 e. The third-order valence-electron chi connectivity index (χ3n) is 11.5. The molecule has 0 amide bonds. The Bertz CT molecular complexity index is 3380. The van der Waals surface area contributed by atoms with Gasteiger partial charge in [0.15, 0.2) is 0 Å². The number of hydrogen-bond acceptors (Lipinski definition) is 5. The van der Waals surface area contributed by atoms with E-state index in [1.807, 2.05) is 17.4 Å². The first-order chi connectivity index (χ1) is 28.3. The van der Waals surface area contributed by atoms with Crippen molar-refractivity contribution in [2.24, 2.45) is 4.99 Å². The summed E-state index contributed by atoms with van der Waals surface area (Å²) >= 11 is 1.81. The maximum atomic E-state index is 6.67. The average molecular weight is 751 g/mol. The highest BCUT2D eigenvalue weighted by atomic mass is 32.1. The van der Waals surface area contributed by atoms with Gasteiger partial charge in [-0.2, -0.15) is 0 Å². The fourth-order valence-electron chi connectivity index (χ4n) is 8.92. The number of para-hydroxylation sites is 3. The van der Waals surface area contributed by atoms with Crippen molar-refractivity contribution in [3.05, 3.63) is 199 Å². The highest BCUT2D eigenvalue weighted by Gasteiger charge is 2.31. The van der Waals surface area contributed by atoms with Crippen LogP contribution in [-0.2, 0) is 0 Å². The van der Waals surface area contributed by atoms with E-state index in [2.05, 4.69) is 191 Å². The Balaban J connectivity index is 1.11. The van der Waals surface area contributed by atoms with Crippen molar-refractivity contribution in [2.45, 2.75) is 12.3 Å². The van der Waals surface area contributed by atoms with Crippen LogP contribution in [0.15, 0.2) is 191 Å². The number of hydrogen-bond donors (Lipinski definition) is 2. The summed E-state index contributed by atoms with van der Waals surface area (Å²) in [5.74, 6) is 0.838. The molecular formula is C51H34N4OS. The Kier molecular flexibility index (Phi) is 7.24. The van der Waals surface area contributed by atoms with Gasteiger partial charge in [0, 0.05) is 58.5 Å². The molecule has 12 rings (SSSR count). The topological polar surface area (TPSA) is 54.5 Å². The Labute approximate surface area is 332 Å². The fourth-order valence-corrected chi connectivity index (χ4v) is 10.2. The summed E-state index contributed by atoms with van der Waals surface area (Å²) in [7, 11) is 0. The van der Waals surface area contributed by atoms with Crippen molar-refractivity contribution in [2.75, 3.05) is 0 Å². The lowest BCUT2D eigenvalue weighted by atomic mass is 9.96. The van der Waals surface area contributed by atoms with Gasteiger partial charge in [0.1, 0.15) is 29.3 Å². The Hall–Kier alpha value is -6.99. The minimum atomic E-state index is -0.376. The van der Waals surface area contributed by atoms with Crippen LogP contribution in [0.1, 0.15) is 29.0 Å². The van der Waals surface area contributed by atoms with Crippen LogP contribution in [0.25, 0.3) is 80.7 Å². The van der Waals surface area contributed by atoms with E-state index in [9.17, 15) is 0 Å². The van der Waals surface area contributed by atoms with Gasteiger partial charge in [-0.05, 0) is 59.2 Å². The number of furan rings is 1. The predicted octanol–water partition coefficient (Wildman–Crippen LogP) is 13.1. The van der Waals surface area contributed by atoms with Crippen LogP contribution in [0, 0.1) is 0 Å². The number of nitrogens with one attached hydrogen (secondary N) is 2. The van der Waals surface area contributed by atoms with Crippen LogP contribution in [0.5, 0.6) is 0 Å². The van der Waals surface area contributed by atoms with Crippen LogP contribution >= 0.6 is 11.3 Å². The minimum Gasteiger partial charge on any atom is -0.455 e. The molecule has 2 atom stereocenters. The molecule has 2 N–H and O–H groups in total. The highest BCUT2D eigenvalue weighted by Crippen LogP contribution is 2.46. The molecule has 11 aromatic rings. The predicted molar refractivity (Wildman–Crippen MR) is 238 cm³/mol. The fraction of sp³-hybridized carbons (Fsp3) is 0.0392. The second-order valence-corrected chi connectivity index (χ2v) is 15.8. The summed E-state index contributed by atoms with van der Waals surface area (Å²) in [4.78, 5) is 5.62. The second kappa shape index (κ2) is 12.8. The van der Waals surface area contributed by atoms with Crippen LogP contribution in [0.3, 0.4) is 0 Å². The first kappa shape index (κ1) is 32.3. The zero-order chi connectivity index (χ0) is 37.5. The molecule has 4 heterocycles. The molecule has 0 radical (unpaired) electrons. The third-order valence-corrected chi connectivity index (χ3v) is 12.7. The first-order valence-electron chi connectivity index (χ1n) is 19.4. The van der Waals surface area contributed by atoms with E-state index >= 15 is 0 Å². The van der Waals surface area contributed by atoms with Crippen molar-refractivity contribution in [3.8, 4) is 16.8 Å². The van der Waals surface area contributed by atoms with Crippen LogP contribution in [0.4, 0.5) is 0 Å². The van der Waals surface area contributed by atoms with Gasteiger partial charge in [-0.1, -0.05) is 140 Å².